The van der Waals surface area contributed by atoms with Gasteiger partial charge in [0.25, 0.3) is 0 Å². The van der Waals surface area contributed by atoms with Crippen LogP contribution in [-0.2, 0) is 4.79 Å². The third kappa shape index (κ3) is 3.65. The molecule has 1 aromatic rings. The number of hydrogen-bond acceptors (Lipinski definition) is 2. The lowest BCUT2D eigenvalue weighted by Gasteiger charge is -2.38. The molecule has 1 unspecified atom stereocenters. The minimum atomic E-state index is -0.00562. The van der Waals surface area contributed by atoms with Gasteiger partial charge in [-0.05, 0) is 99.4 Å². The first-order valence-corrected chi connectivity index (χ1v) is 9.18. The summed E-state index contributed by atoms with van der Waals surface area (Å²) < 4.78 is 1.24. The highest BCUT2D eigenvalue weighted by Gasteiger charge is 2.38. The molecule has 1 aromatic carbocycles. The molecule has 0 aromatic heterocycles. The van der Waals surface area contributed by atoms with Gasteiger partial charge in [-0.25, -0.2) is 0 Å². The highest BCUT2D eigenvalue weighted by molar-refractivity contribution is 14.1. The summed E-state index contributed by atoms with van der Waals surface area (Å²) in [6.07, 6.45) is 3.11. The van der Waals surface area contributed by atoms with Crippen molar-refractivity contribution in [1.82, 2.24) is 4.90 Å². The van der Waals surface area contributed by atoms with Gasteiger partial charge < -0.3 is 5.32 Å². The predicted molar refractivity (Wildman–Crippen MR) is 101 cm³/mol. The van der Waals surface area contributed by atoms with Crippen molar-refractivity contribution in [2.45, 2.75) is 65.5 Å². The topological polar surface area (TPSA) is 32.3 Å². The molecule has 0 spiro atoms. The van der Waals surface area contributed by atoms with Gasteiger partial charge >= 0.3 is 0 Å². The number of nitrogens with one attached hydrogen (secondary N) is 1. The van der Waals surface area contributed by atoms with Gasteiger partial charge in [-0.3, -0.25) is 9.69 Å². The van der Waals surface area contributed by atoms with E-state index in [1.54, 1.807) is 0 Å². The van der Waals surface area contributed by atoms with E-state index in [0.29, 0.717) is 0 Å². The van der Waals surface area contributed by atoms with Crippen molar-refractivity contribution in [3.63, 3.8) is 0 Å². The van der Waals surface area contributed by atoms with Gasteiger partial charge in [0.2, 0.25) is 5.91 Å². The molecule has 2 rings (SSSR count). The molecule has 0 saturated carbocycles. The van der Waals surface area contributed by atoms with E-state index < -0.39 is 0 Å². The van der Waals surface area contributed by atoms with Crippen LogP contribution in [0.2, 0.25) is 0 Å². The summed E-state index contributed by atoms with van der Waals surface area (Å²) in [4.78, 5) is 15.2. The minimum absolute atomic E-state index is 0.00562. The summed E-state index contributed by atoms with van der Waals surface area (Å²) in [6.45, 7) is 11.8. The molecular formula is C18H27IN2O. The maximum Gasteiger partial charge on any atom is 0.241 e. The fourth-order valence-corrected chi connectivity index (χ4v) is 3.72. The molecule has 0 bridgehead atoms. The first-order chi connectivity index (χ1) is 10.3. The largest absolute Gasteiger partial charge is 0.324 e. The highest BCUT2D eigenvalue weighted by Crippen LogP contribution is 2.30. The van der Waals surface area contributed by atoms with Gasteiger partial charge in [-0.15, -0.1) is 0 Å². The number of halogens is 1. The van der Waals surface area contributed by atoms with E-state index in [-0.39, 0.29) is 17.5 Å². The Balaban J connectivity index is 2.17. The Morgan fingerprint density at radius 2 is 2.05 bits per heavy atom. The van der Waals surface area contributed by atoms with Crippen LogP contribution in [-0.4, -0.2) is 28.9 Å². The SMILES string of the molecule is CCC(C)(C)N1CCCC1C(=O)Nc1cc(C)c(I)cc1C. The lowest BCUT2D eigenvalue weighted by molar-refractivity contribution is -0.122. The lowest BCUT2D eigenvalue weighted by atomic mass is 9.98. The molecular weight excluding hydrogens is 387 g/mol. The average Bonchev–Trinajstić information content (AvgIpc) is 2.95. The maximum absolute atomic E-state index is 12.8. The Morgan fingerprint density at radius 1 is 1.36 bits per heavy atom. The zero-order chi connectivity index (χ0) is 16.5. The summed E-state index contributed by atoms with van der Waals surface area (Å²) in [6, 6.07) is 4.21. The Morgan fingerprint density at radius 3 is 2.68 bits per heavy atom. The van der Waals surface area contributed by atoms with E-state index >= 15 is 0 Å². The van der Waals surface area contributed by atoms with Crippen LogP contribution in [0.1, 0.15) is 51.2 Å². The van der Waals surface area contributed by atoms with Crippen LogP contribution >= 0.6 is 22.6 Å². The number of anilines is 1. The number of carbonyl (C=O) groups is 1. The van der Waals surface area contributed by atoms with Crippen molar-refractivity contribution in [3.05, 3.63) is 26.8 Å². The first kappa shape index (κ1) is 17.7. The molecule has 1 fully saturated rings. The van der Waals surface area contributed by atoms with Gasteiger partial charge in [0.1, 0.15) is 0 Å². The van der Waals surface area contributed by atoms with Gasteiger partial charge in [-0.2, -0.15) is 0 Å². The van der Waals surface area contributed by atoms with Gasteiger partial charge in [-0.1, -0.05) is 6.92 Å². The predicted octanol–water partition coefficient (Wildman–Crippen LogP) is 4.50. The molecule has 1 amide bonds. The molecule has 4 heteroatoms. The summed E-state index contributed by atoms with van der Waals surface area (Å²) in [5.74, 6) is 0.141. The van der Waals surface area contributed by atoms with Gasteiger partial charge in [0.05, 0.1) is 6.04 Å². The van der Waals surface area contributed by atoms with E-state index in [1.165, 1.54) is 9.13 Å². The van der Waals surface area contributed by atoms with Crippen LogP contribution < -0.4 is 5.32 Å². The molecule has 122 valence electrons. The lowest BCUT2D eigenvalue weighted by Crippen LogP contribution is -2.50. The van der Waals surface area contributed by atoms with Crippen LogP contribution in [0.25, 0.3) is 0 Å². The standard InChI is InChI=1S/C18H27IN2O/c1-6-18(4,5)21-9-7-8-16(21)17(22)20-15-11-12(2)14(19)10-13(15)3/h10-11,16H,6-9H2,1-5H3,(H,20,22). The Hall–Kier alpha value is -0.620. The zero-order valence-electron chi connectivity index (χ0n) is 14.3. The molecule has 1 atom stereocenters. The Kier molecular flexibility index (Phi) is 5.54. The van der Waals surface area contributed by atoms with Gasteiger partial charge in [0.15, 0.2) is 0 Å². The van der Waals surface area contributed by atoms with Crippen molar-refractivity contribution < 1.29 is 4.79 Å². The molecule has 0 aliphatic carbocycles. The number of rotatable bonds is 4. The average molecular weight is 414 g/mol. The quantitative estimate of drug-likeness (QED) is 0.736. The van der Waals surface area contributed by atoms with Gasteiger partial charge in [0, 0.05) is 14.8 Å². The highest BCUT2D eigenvalue weighted by atomic mass is 127. The van der Waals surface area contributed by atoms with E-state index in [4.69, 9.17) is 0 Å². The summed E-state index contributed by atoms with van der Waals surface area (Å²) >= 11 is 2.34. The minimum Gasteiger partial charge on any atom is -0.324 e. The zero-order valence-corrected chi connectivity index (χ0v) is 16.5. The van der Waals surface area contributed by atoms with Crippen molar-refractivity contribution in [1.29, 1.82) is 0 Å². The molecule has 1 N–H and O–H groups in total. The fourth-order valence-electron chi connectivity index (χ4n) is 3.10. The normalized spacial score (nSPS) is 19.5. The molecule has 1 saturated heterocycles. The number of aryl methyl sites for hydroxylation is 2. The number of likely N-dealkylation sites (tertiary alicyclic amines) is 1. The molecule has 1 heterocycles. The Labute approximate surface area is 148 Å². The van der Waals surface area contributed by atoms with Crippen LogP contribution in [0, 0.1) is 17.4 Å². The Bertz CT molecular complexity index is 568. The van der Waals surface area contributed by atoms with E-state index in [0.717, 1.165) is 37.1 Å². The molecule has 3 nitrogen and oxygen atoms in total. The van der Waals surface area contributed by atoms with E-state index in [2.05, 4.69) is 79.6 Å². The third-order valence-electron chi connectivity index (χ3n) is 4.96. The number of carbonyl (C=O) groups excluding carboxylic acids is 1. The second-order valence-electron chi connectivity index (χ2n) is 6.92. The second kappa shape index (κ2) is 6.87. The number of hydrogen-bond donors (Lipinski definition) is 1. The van der Waals surface area contributed by atoms with Crippen LogP contribution in [0.15, 0.2) is 12.1 Å². The maximum atomic E-state index is 12.8. The summed E-state index contributed by atoms with van der Waals surface area (Å²) in [5, 5.41) is 3.16. The smallest absolute Gasteiger partial charge is 0.241 e. The monoisotopic (exact) mass is 414 g/mol. The van der Waals surface area contributed by atoms with E-state index in [9.17, 15) is 4.79 Å². The van der Waals surface area contributed by atoms with Crippen molar-refractivity contribution in [2.24, 2.45) is 0 Å². The molecule has 1 aliphatic heterocycles. The van der Waals surface area contributed by atoms with Crippen LogP contribution in [0.4, 0.5) is 5.69 Å². The van der Waals surface area contributed by atoms with Crippen molar-refractivity contribution >= 4 is 34.2 Å². The second-order valence-corrected chi connectivity index (χ2v) is 8.09. The summed E-state index contributed by atoms with van der Waals surface area (Å²) in [5.41, 5.74) is 3.36. The van der Waals surface area contributed by atoms with Crippen LogP contribution in [0.3, 0.4) is 0 Å². The van der Waals surface area contributed by atoms with E-state index in [1.807, 2.05) is 0 Å². The summed E-state index contributed by atoms with van der Waals surface area (Å²) in [7, 11) is 0. The molecule has 1 aliphatic rings. The third-order valence-corrected chi connectivity index (χ3v) is 6.12. The number of nitrogens with zero attached hydrogens (tertiary/aromatic N) is 1. The molecule has 0 radical (unpaired) electrons. The van der Waals surface area contributed by atoms with Crippen molar-refractivity contribution in [3.8, 4) is 0 Å². The van der Waals surface area contributed by atoms with Crippen LogP contribution in [0.5, 0.6) is 0 Å². The first-order valence-electron chi connectivity index (χ1n) is 8.10. The number of benzene rings is 1. The fraction of sp³-hybridized carbons (Fsp3) is 0.611. The van der Waals surface area contributed by atoms with Crippen molar-refractivity contribution in [2.75, 3.05) is 11.9 Å². The molecule has 22 heavy (non-hydrogen) atoms. The number of amides is 1.